The largest absolute Gasteiger partial charge is 0.480 e. The highest BCUT2D eigenvalue weighted by atomic mass is 32.2. The van der Waals surface area contributed by atoms with Crippen molar-refractivity contribution in [1.29, 1.82) is 0 Å². The van der Waals surface area contributed by atoms with Crippen molar-refractivity contribution >= 4 is 15.8 Å². The molecule has 1 aromatic rings. The van der Waals surface area contributed by atoms with Crippen LogP contribution in [0.15, 0.2) is 42.3 Å². The van der Waals surface area contributed by atoms with E-state index in [9.17, 15) is 13.2 Å². The van der Waals surface area contributed by atoms with Crippen LogP contribution >= 0.6 is 0 Å². The first-order valence-electron chi connectivity index (χ1n) is 5.11. The number of nitrogens with two attached hydrogens (primary N) is 1. The van der Waals surface area contributed by atoms with Gasteiger partial charge in [-0.15, -0.1) is 0 Å². The topological polar surface area (TPSA) is 97.5 Å². The maximum Gasteiger partial charge on any atom is 0.320 e. The lowest BCUT2D eigenvalue weighted by Gasteiger charge is -2.04. The minimum atomic E-state index is -2.90. The minimum Gasteiger partial charge on any atom is -0.480 e. The van der Waals surface area contributed by atoms with Gasteiger partial charge in [0.2, 0.25) is 0 Å². The van der Waals surface area contributed by atoms with Crippen LogP contribution < -0.4 is 5.73 Å². The van der Waals surface area contributed by atoms with Gasteiger partial charge in [-0.1, -0.05) is 36.9 Å². The zero-order chi connectivity index (χ0) is 14.2. The zero-order valence-electron chi connectivity index (χ0n) is 10.1. The first kappa shape index (κ1) is 16.3. The molecule has 3 N–H and O–H groups in total. The van der Waals surface area contributed by atoms with Crippen molar-refractivity contribution < 1.29 is 18.3 Å². The molecule has 0 amide bonds. The lowest BCUT2D eigenvalue weighted by Crippen LogP contribution is -2.32. The van der Waals surface area contributed by atoms with Crippen LogP contribution in [0.2, 0.25) is 0 Å². The first-order chi connectivity index (χ1) is 8.26. The summed E-state index contributed by atoms with van der Waals surface area (Å²) in [6, 6.07) is 8.54. The summed E-state index contributed by atoms with van der Waals surface area (Å²) in [5.74, 6) is -0.959. The summed E-state index contributed by atoms with van der Waals surface area (Å²) >= 11 is 0. The Morgan fingerprint density at radius 2 is 1.89 bits per heavy atom. The van der Waals surface area contributed by atoms with Crippen LogP contribution in [0.25, 0.3) is 0 Å². The molecule has 1 aromatic carbocycles. The van der Waals surface area contributed by atoms with E-state index in [2.05, 4.69) is 6.58 Å². The number of carboxylic acids is 1. The summed E-state index contributed by atoms with van der Waals surface area (Å²) in [4.78, 5) is 10.4. The summed E-state index contributed by atoms with van der Waals surface area (Å²) in [7, 11) is -2.90. The Hall–Kier alpha value is -1.66. The third-order valence-electron chi connectivity index (χ3n) is 1.92. The normalized spacial score (nSPS) is 11.9. The van der Waals surface area contributed by atoms with Gasteiger partial charge in [0, 0.05) is 11.7 Å². The molecule has 0 bridgehead atoms. The average Bonchev–Trinajstić information content (AvgIpc) is 2.30. The number of sulfone groups is 1. The van der Waals surface area contributed by atoms with Crippen molar-refractivity contribution in [3.05, 3.63) is 47.9 Å². The maximum absolute atomic E-state index is 10.4. The quantitative estimate of drug-likeness (QED) is 0.844. The van der Waals surface area contributed by atoms with Gasteiger partial charge in [0.25, 0.3) is 0 Å². The van der Waals surface area contributed by atoms with Crippen molar-refractivity contribution in [3.63, 3.8) is 0 Å². The highest BCUT2D eigenvalue weighted by Gasteiger charge is 2.10. The maximum atomic E-state index is 10.4. The van der Waals surface area contributed by atoms with E-state index in [0.717, 1.165) is 17.2 Å². The Labute approximate surface area is 107 Å². The molecular weight excluding hydrogens is 254 g/mol. The van der Waals surface area contributed by atoms with Gasteiger partial charge >= 0.3 is 5.97 Å². The molecule has 0 saturated heterocycles. The molecule has 100 valence electrons. The third kappa shape index (κ3) is 8.49. The number of rotatable bonds is 4. The molecule has 0 aromatic heterocycles. The number of carboxylic acid groups (broad SMARTS) is 1. The van der Waals surface area contributed by atoms with Gasteiger partial charge in [-0.25, -0.2) is 8.42 Å². The Bertz CT molecular complexity index is 470. The molecule has 18 heavy (non-hydrogen) atoms. The molecule has 1 atom stereocenters. The first-order valence-corrected chi connectivity index (χ1v) is 7.06. The van der Waals surface area contributed by atoms with E-state index < -0.39 is 21.8 Å². The molecule has 0 saturated carbocycles. The molecule has 0 aliphatic carbocycles. The van der Waals surface area contributed by atoms with Crippen molar-refractivity contribution in [3.8, 4) is 0 Å². The van der Waals surface area contributed by atoms with E-state index in [1.807, 2.05) is 30.3 Å². The van der Waals surface area contributed by atoms with Crippen molar-refractivity contribution in [2.75, 3.05) is 6.26 Å². The van der Waals surface area contributed by atoms with Crippen LogP contribution in [0.1, 0.15) is 5.56 Å². The number of benzene rings is 1. The molecule has 6 heteroatoms. The molecule has 0 aliphatic rings. The van der Waals surface area contributed by atoms with E-state index in [4.69, 9.17) is 10.8 Å². The Morgan fingerprint density at radius 1 is 1.44 bits per heavy atom. The summed E-state index contributed by atoms with van der Waals surface area (Å²) in [6.45, 7) is 3.04. The van der Waals surface area contributed by atoms with Gasteiger partial charge in [-0.05, 0) is 12.0 Å². The predicted molar refractivity (Wildman–Crippen MR) is 70.8 cm³/mol. The van der Waals surface area contributed by atoms with Crippen LogP contribution in [0, 0.1) is 0 Å². The highest BCUT2D eigenvalue weighted by Crippen LogP contribution is 2.01. The van der Waals surface area contributed by atoms with Gasteiger partial charge in [-0.3, -0.25) is 4.79 Å². The number of hydrogen-bond donors (Lipinski definition) is 2. The van der Waals surface area contributed by atoms with Gasteiger partial charge in [0.15, 0.2) is 9.84 Å². The van der Waals surface area contributed by atoms with Crippen molar-refractivity contribution in [1.82, 2.24) is 0 Å². The lowest BCUT2D eigenvalue weighted by molar-refractivity contribution is -0.138. The van der Waals surface area contributed by atoms with Crippen LogP contribution in [0.4, 0.5) is 0 Å². The molecule has 0 heterocycles. The van der Waals surface area contributed by atoms with Crippen LogP contribution in [-0.4, -0.2) is 31.8 Å². The number of aliphatic carboxylic acids is 1. The number of hydrogen-bond acceptors (Lipinski definition) is 4. The van der Waals surface area contributed by atoms with Gasteiger partial charge < -0.3 is 10.8 Å². The van der Waals surface area contributed by atoms with Gasteiger partial charge in [-0.2, -0.15) is 0 Å². The van der Waals surface area contributed by atoms with E-state index in [1.165, 1.54) is 0 Å². The Morgan fingerprint density at radius 3 is 2.22 bits per heavy atom. The Balaban J connectivity index is 0.000000411. The molecule has 1 rings (SSSR count). The predicted octanol–water partition coefficient (Wildman–Crippen LogP) is 0.815. The van der Waals surface area contributed by atoms with Crippen LogP contribution in [0.5, 0.6) is 0 Å². The summed E-state index contributed by atoms with van der Waals surface area (Å²) < 4.78 is 19.8. The monoisotopic (exact) mass is 271 g/mol. The summed E-state index contributed by atoms with van der Waals surface area (Å²) in [5.41, 5.74) is 6.30. The van der Waals surface area contributed by atoms with Crippen LogP contribution in [-0.2, 0) is 21.1 Å². The second-order valence-electron chi connectivity index (χ2n) is 3.63. The molecular formula is C12H17NO4S. The van der Waals surface area contributed by atoms with Gasteiger partial charge in [0.1, 0.15) is 6.04 Å². The number of carbonyl (C=O) groups is 1. The van der Waals surface area contributed by atoms with Crippen molar-refractivity contribution in [2.24, 2.45) is 5.73 Å². The van der Waals surface area contributed by atoms with Crippen LogP contribution in [0.3, 0.4) is 0 Å². The summed E-state index contributed by atoms with van der Waals surface area (Å²) in [6.07, 6.45) is 1.48. The molecule has 0 radical (unpaired) electrons. The molecule has 5 nitrogen and oxygen atoms in total. The molecule has 0 unspecified atom stereocenters. The van der Waals surface area contributed by atoms with E-state index in [-0.39, 0.29) is 0 Å². The molecule has 0 spiro atoms. The third-order valence-corrected chi connectivity index (χ3v) is 2.52. The highest BCUT2D eigenvalue weighted by molar-refractivity contribution is 7.93. The minimum absolute atomic E-state index is 0.385. The molecule has 0 fully saturated rings. The smallest absolute Gasteiger partial charge is 0.320 e. The lowest BCUT2D eigenvalue weighted by atomic mass is 10.1. The van der Waals surface area contributed by atoms with E-state index in [1.54, 1.807) is 0 Å². The fourth-order valence-corrected chi connectivity index (χ4v) is 0.955. The fraction of sp³-hybridized carbons (Fsp3) is 0.250. The average molecular weight is 271 g/mol. The fourth-order valence-electron chi connectivity index (χ4n) is 0.955. The standard InChI is InChI=1S/C9H11NO2.C3H6O2S/c10-8(9(11)12)6-7-4-2-1-3-5-7;1-3-6(2,4)5/h1-5,8H,6,10H2,(H,11,12);3H,1H2,2H3/t8-;/m0./s1. The molecule has 0 aliphatic heterocycles. The van der Waals surface area contributed by atoms with Gasteiger partial charge in [0.05, 0.1) is 0 Å². The SMILES string of the molecule is C=CS(C)(=O)=O.N[C@@H](Cc1ccccc1)C(=O)O. The van der Waals surface area contributed by atoms with Crippen molar-refractivity contribution in [2.45, 2.75) is 12.5 Å². The summed E-state index contributed by atoms with van der Waals surface area (Å²) in [5, 5.41) is 9.43. The van der Waals surface area contributed by atoms with E-state index >= 15 is 0 Å². The second kappa shape index (κ2) is 7.62. The second-order valence-corrected chi connectivity index (χ2v) is 5.62. The van der Waals surface area contributed by atoms with E-state index in [0.29, 0.717) is 6.42 Å². The Kier molecular flexibility index (Phi) is 6.92. The zero-order valence-corrected chi connectivity index (χ0v) is 10.9.